The van der Waals surface area contributed by atoms with E-state index in [2.05, 4.69) is 25.2 Å². The van der Waals surface area contributed by atoms with Gasteiger partial charge in [0.2, 0.25) is 0 Å². The van der Waals surface area contributed by atoms with E-state index in [0.29, 0.717) is 23.9 Å². The lowest BCUT2D eigenvalue weighted by Gasteiger charge is -2.40. The van der Waals surface area contributed by atoms with E-state index in [9.17, 15) is 9.59 Å². The van der Waals surface area contributed by atoms with Crippen LogP contribution in [0.3, 0.4) is 0 Å². The molecule has 1 unspecified atom stereocenters. The predicted octanol–water partition coefficient (Wildman–Crippen LogP) is 3.89. The van der Waals surface area contributed by atoms with Crippen molar-refractivity contribution in [2.24, 2.45) is 5.92 Å². The van der Waals surface area contributed by atoms with Gasteiger partial charge in [-0.3, -0.25) is 14.3 Å². The monoisotopic (exact) mass is 534 g/mol. The van der Waals surface area contributed by atoms with Gasteiger partial charge in [-0.05, 0) is 72.3 Å². The Kier molecular flexibility index (Phi) is 7.42. The van der Waals surface area contributed by atoms with E-state index in [-0.39, 0.29) is 23.9 Å². The SMILES string of the molecule is Cc1cncc(-c2cn(C(C)n3ccc(N4CCC[C@@H](N(CC5CC5)C(=O)OC(C)(C)C)C4)cc3=O)nn2)n1. The highest BCUT2D eigenvalue weighted by Gasteiger charge is 2.36. The highest BCUT2D eigenvalue weighted by Crippen LogP contribution is 2.32. The van der Waals surface area contributed by atoms with Gasteiger partial charge in [0, 0.05) is 43.8 Å². The number of nitrogens with zero attached hydrogens (tertiary/aromatic N) is 8. The van der Waals surface area contributed by atoms with E-state index in [1.165, 1.54) is 0 Å². The fourth-order valence-electron chi connectivity index (χ4n) is 4.99. The van der Waals surface area contributed by atoms with Crippen LogP contribution in [0.15, 0.2) is 41.7 Å². The maximum Gasteiger partial charge on any atom is 0.410 e. The van der Waals surface area contributed by atoms with Gasteiger partial charge in [0.05, 0.1) is 24.1 Å². The standard InChI is InChI=1S/C28H38N8O3/c1-19-14-29-15-24(30-19)25-18-36(32-31-25)20(2)34-12-10-22(13-26(34)37)33-11-6-7-23(17-33)35(16-21-8-9-21)27(38)39-28(3,4)5/h10,12-15,18,20-21,23H,6-9,11,16-17H2,1-5H3/t20?,23-/m1/s1. The van der Waals surface area contributed by atoms with E-state index in [1.807, 2.05) is 45.6 Å². The number of rotatable bonds is 7. The average molecular weight is 535 g/mol. The fourth-order valence-corrected chi connectivity index (χ4v) is 4.99. The van der Waals surface area contributed by atoms with Crippen LogP contribution in [0, 0.1) is 12.8 Å². The number of carbonyl (C=O) groups is 1. The van der Waals surface area contributed by atoms with Gasteiger partial charge in [-0.1, -0.05) is 5.21 Å². The van der Waals surface area contributed by atoms with Crippen molar-refractivity contribution in [3.63, 3.8) is 0 Å². The van der Waals surface area contributed by atoms with Crippen molar-refractivity contribution in [3.05, 3.63) is 53.0 Å². The number of hydrogen-bond donors (Lipinski definition) is 0. The van der Waals surface area contributed by atoms with Crippen molar-refractivity contribution in [3.8, 4) is 11.4 Å². The van der Waals surface area contributed by atoms with E-state index in [0.717, 1.165) is 50.2 Å². The summed E-state index contributed by atoms with van der Waals surface area (Å²) in [5, 5.41) is 8.46. The second-order valence-electron chi connectivity index (χ2n) is 11.7. The molecule has 2 fully saturated rings. The first-order valence-electron chi connectivity index (χ1n) is 13.7. The zero-order valence-corrected chi connectivity index (χ0v) is 23.4. The van der Waals surface area contributed by atoms with E-state index >= 15 is 0 Å². The number of amides is 1. The summed E-state index contributed by atoms with van der Waals surface area (Å²) in [6.45, 7) is 11.7. The molecule has 39 heavy (non-hydrogen) atoms. The summed E-state index contributed by atoms with van der Waals surface area (Å²) >= 11 is 0. The zero-order chi connectivity index (χ0) is 27.7. The third-order valence-corrected chi connectivity index (χ3v) is 7.23. The van der Waals surface area contributed by atoms with Gasteiger partial charge in [0.1, 0.15) is 23.2 Å². The number of pyridine rings is 1. The number of aromatic nitrogens is 6. The molecule has 0 spiro atoms. The van der Waals surface area contributed by atoms with Crippen LogP contribution < -0.4 is 10.5 Å². The largest absolute Gasteiger partial charge is 0.444 e. The van der Waals surface area contributed by atoms with Gasteiger partial charge in [0.15, 0.2) is 0 Å². The number of anilines is 1. The highest BCUT2D eigenvalue weighted by atomic mass is 16.6. The molecule has 5 rings (SSSR count). The van der Waals surface area contributed by atoms with Crippen LogP contribution in [0.5, 0.6) is 0 Å². The minimum absolute atomic E-state index is 0.0499. The first-order valence-corrected chi connectivity index (χ1v) is 13.7. The van der Waals surface area contributed by atoms with Crippen LogP contribution in [0.2, 0.25) is 0 Å². The second kappa shape index (κ2) is 10.8. The lowest BCUT2D eigenvalue weighted by Crippen LogP contribution is -2.52. The van der Waals surface area contributed by atoms with E-state index in [4.69, 9.17) is 4.74 Å². The summed E-state index contributed by atoms with van der Waals surface area (Å²) in [5.41, 5.74) is 2.23. The summed E-state index contributed by atoms with van der Waals surface area (Å²) in [4.78, 5) is 39.1. The van der Waals surface area contributed by atoms with Gasteiger partial charge in [-0.15, -0.1) is 5.10 Å². The smallest absolute Gasteiger partial charge is 0.410 e. The minimum atomic E-state index is -0.535. The van der Waals surface area contributed by atoms with Crippen LogP contribution in [0.4, 0.5) is 10.5 Å². The molecule has 2 atom stereocenters. The summed E-state index contributed by atoms with van der Waals surface area (Å²) in [6, 6.07) is 3.68. The van der Waals surface area contributed by atoms with Crippen molar-refractivity contribution in [1.29, 1.82) is 0 Å². The normalized spacial score (nSPS) is 18.6. The molecule has 3 aromatic rings. The summed E-state index contributed by atoms with van der Waals surface area (Å²) < 4.78 is 9.03. The highest BCUT2D eigenvalue weighted by molar-refractivity contribution is 5.69. The lowest BCUT2D eigenvalue weighted by atomic mass is 10.0. The summed E-state index contributed by atoms with van der Waals surface area (Å²) in [7, 11) is 0. The summed E-state index contributed by atoms with van der Waals surface area (Å²) in [5.74, 6) is 0.563. The Hall–Kier alpha value is -3.76. The first kappa shape index (κ1) is 26.8. The third-order valence-electron chi connectivity index (χ3n) is 7.23. The predicted molar refractivity (Wildman–Crippen MR) is 147 cm³/mol. The molecule has 11 nitrogen and oxygen atoms in total. The second-order valence-corrected chi connectivity index (χ2v) is 11.7. The number of piperidine rings is 1. The van der Waals surface area contributed by atoms with Crippen molar-refractivity contribution in [1.82, 2.24) is 34.4 Å². The molecule has 11 heteroatoms. The molecule has 1 aliphatic heterocycles. The van der Waals surface area contributed by atoms with Crippen LogP contribution in [0.1, 0.15) is 65.2 Å². The maximum absolute atomic E-state index is 13.2. The maximum atomic E-state index is 13.2. The molecular weight excluding hydrogens is 496 g/mol. The van der Waals surface area contributed by atoms with Crippen molar-refractivity contribution in [2.45, 2.75) is 78.1 Å². The van der Waals surface area contributed by atoms with Gasteiger partial charge in [-0.25, -0.2) is 14.5 Å². The van der Waals surface area contributed by atoms with E-state index < -0.39 is 5.60 Å². The fraction of sp³-hybridized carbons (Fsp3) is 0.571. The lowest BCUT2D eigenvalue weighted by molar-refractivity contribution is 0.0134. The topological polar surface area (TPSA) is 111 Å². The van der Waals surface area contributed by atoms with Crippen LogP contribution in [0.25, 0.3) is 11.4 Å². The molecule has 1 amide bonds. The number of hydrogen-bond acceptors (Lipinski definition) is 8. The molecule has 0 aromatic carbocycles. The molecule has 1 saturated carbocycles. The number of aryl methyl sites for hydroxylation is 1. The van der Waals surface area contributed by atoms with Crippen molar-refractivity contribution >= 4 is 11.8 Å². The van der Waals surface area contributed by atoms with Gasteiger partial charge in [0.25, 0.3) is 5.56 Å². The van der Waals surface area contributed by atoms with Crippen LogP contribution >= 0.6 is 0 Å². The van der Waals surface area contributed by atoms with Crippen molar-refractivity contribution < 1.29 is 9.53 Å². The van der Waals surface area contributed by atoms with Crippen LogP contribution in [-0.2, 0) is 4.74 Å². The third kappa shape index (κ3) is 6.46. The van der Waals surface area contributed by atoms with Crippen molar-refractivity contribution in [2.75, 3.05) is 24.5 Å². The Balaban J connectivity index is 1.30. The van der Waals surface area contributed by atoms with Crippen LogP contribution in [-0.4, -0.2) is 71.8 Å². The molecule has 1 saturated heterocycles. The zero-order valence-electron chi connectivity index (χ0n) is 23.4. The Bertz CT molecular complexity index is 1370. The Labute approximate surface area is 228 Å². The van der Waals surface area contributed by atoms with Gasteiger partial charge in [-0.2, -0.15) is 0 Å². The average Bonchev–Trinajstić information content (AvgIpc) is 3.58. The Morgan fingerprint density at radius 1 is 1.21 bits per heavy atom. The molecule has 0 N–H and O–H groups in total. The molecule has 3 aromatic heterocycles. The van der Waals surface area contributed by atoms with Gasteiger partial charge < -0.3 is 14.5 Å². The Morgan fingerprint density at radius 2 is 2.00 bits per heavy atom. The summed E-state index contributed by atoms with van der Waals surface area (Å²) in [6.07, 6.45) is 10.5. The van der Waals surface area contributed by atoms with E-state index in [1.54, 1.807) is 40.1 Å². The molecule has 1 aliphatic carbocycles. The first-order chi connectivity index (χ1) is 18.6. The van der Waals surface area contributed by atoms with Gasteiger partial charge >= 0.3 is 6.09 Å². The molecular formula is C28H38N8O3. The quantitative estimate of drug-likeness (QED) is 0.449. The number of carbonyl (C=O) groups excluding carboxylic acids is 1. The number of ether oxygens (including phenoxy) is 1. The molecule has 0 bridgehead atoms. The molecule has 4 heterocycles. The minimum Gasteiger partial charge on any atom is -0.444 e. The Morgan fingerprint density at radius 3 is 2.69 bits per heavy atom. The molecule has 0 radical (unpaired) electrons. The molecule has 208 valence electrons. The molecule has 2 aliphatic rings.